The standard InChI is InChI=1S/C22H28F3N7O3/c1-14(29-17-11-28-30-21(34)20(17)22(23,24)25)13-35-9-4-19(33)32-7-5-31(6-8-32)18-12-26-16(10-27-18)15-2-3-15/h10-12,14-15H,2-9,13H2,1H3,(H2,29,30,34). The van der Waals surface area contributed by atoms with Crippen molar-refractivity contribution in [2.75, 3.05) is 49.6 Å². The number of carbonyl (C=O) groups is 1. The molecule has 0 aromatic carbocycles. The zero-order valence-electron chi connectivity index (χ0n) is 19.3. The number of hydrogen-bond acceptors (Lipinski definition) is 8. The van der Waals surface area contributed by atoms with Crippen LogP contribution in [0.1, 0.15) is 43.4 Å². The van der Waals surface area contributed by atoms with Crippen molar-refractivity contribution in [3.8, 4) is 0 Å². The van der Waals surface area contributed by atoms with E-state index in [4.69, 9.17) is 4.74 Å². The maximum Gasteiger partial charge on any atom is 0.423 e. The van der Waals surface area contributed by atoms with Gasteiger partial charge in [-0.15, -0.1) is 0 Å². The second-order valence-corrected chi connectivity index (χ2v) is 8.80. The highest BCUT2D eigenvalue weighted by Crippen LogP contribution is 2.38. The first-order valence-electron chi connectivity index (χ1n) is 11.6. The lowest BCUT2D eigenvalue weighted by Gasteiger charge is -2.35. The number of rotatable bonds is 9. The van der Waals surface area contributed by atoms with Crippen molar-refractivity contribution >= 4 is 17.4 Å². The van der Waals surface area contributed by atoms with E-state index in [1.54, 1.807) is 23.1 Å². The largest absolute Gasteiger partial charge is 0.423 e. The van der Waals surface area contributed by atoms with Gasteiger partial charge in [0.15, 0.2) is 0 Å². The van der Waals surface area contributed by atoms with Gasteiger partial charge in [-0.05, 0) is 19.8 Å². The molecule has 2 N–H and O–H groups in total. The van der Waals surface area contributed by atoms with Crippen LogP contribution < -0.4 is 15.8 Å². The van der Waals surface area contributed by atoms with Gasteiger partial charge in [0.05, 0.1) is 49.6 Å². The molecule has 4 rings (SSSR count). The zero-order chi connectivity index (χ0) is 25.0. The summed E-state index contributed by atoms with van der Waals surface area (Å²) in [7, 11) is 0. The van der Waals surface area contributed by atoms with Crippen LogP contribution in [0.4, 0.5) is 24.7 Å². The van der Waals surface area contributed by atoms with Gasteiger partial charge in [-0.2, -0.15) is 18.3 Å². The van der Waals surface area contributed by atoms with Crippen molar-refractivity contribution in [1.82, 2.24) is 25.1 Å². The first-order chi connectivity index (χ1) is 16.7. The molecule has 0 radical (unpaired) electrons. The quantitative estimate of drug-likeness (QED) is 0.508. The average molecular weight is 496 g/mol. The molecule has 1 atom stereocenters. The van der Waals surface area contributed by atoms with Gasteiger partial charge < -0.3 is 19.9 Å². The molecule has 3 heterocycles. The highest BCUT2D eigenvalue weighted by molar-refractivity contribution is 5.76. The first kappa shape index (κ1) is 24.9. The Bertz CT molecular complexity index is 1070. The number of nitrogens with one attached hydrogen (secondary N) is 2. The Hall–Kier alpha value is -3.22. The van der Waals surface area contributed by atoms with Crippen LogP contribution in [0.25, 0.3) is 0 Å². The molecule has 1 aliphatic carbocycles. The number of anilines is 2. The number of aromatic nitrogens is 4. The highest BCUT2D eigenvalue weighted by Gasteiger charge is 2.37. The van der Waals surface area contributed by atoms with Crippen LogP contribution in [-0.4, -0.2) is 76.4 Å². The maximum atomic E-state index is 13.1. The molecule has 1 unspecified atom stereocenters. The lowest BCUT2D eigenvalue weighted by molar-refractivity contribution is -0.138. The van der Waals surface area contributed by atoms with Crippen molar-refractivity contribution < 1.29 is 22.7 Å². The summed E-state index contributed by atoms with van der Waals surface area (Å²) in [5, 5.41) is 7.81. The number of alkyl halides is 3. The molecular weight excluding hydrogens is 467 g/mol. The van der Waals surface area contributed by atoms with Crippen molar-refractivity contribution in [1.29, 1.82) is 0 Å². The van der Waals surface area contributed by atoms with E-state index in [0.29, 0.717) is 32.1 Å². The van der Waals surface area contributed by atoms with Crippen LogP contribution >= 0.6 is 0 Å². The minimum Gasteiger partial charge on any atom is -0.379 e. The Morgan fingerprint density at radius 2 is 1.94 bits per heavy atom. The summed E-state index contributed by atoms with van der Waals surface area (Å²) in [5.41, 5.74) is -2.03. The van der Waals surface area contributed by atoms with Crippen LogP contribution in [0.2, 0.25) is 0 Å². The van der Waals surface area contributed by atoms with Gasteiger partial charge in [0.2, 0.25) is 5.91 Å². The van der Waals surface area contributed by atoms with Crippen molar-refractivity contribution in [3.63, 3.8) is 0 Å². The fourth-order valence-corrected chi connectivity index (χ4v) is 3.94. The van der Waals surface area contributed by atoms with Crippen LogP contribution in [0.15, 0.2) is 23.4 Å². The molecule has 13 heteroatoms. The Morgan fingerprint density at radius 3 is 2.57 bits per heavy atom. The second-order valence-electron chi connectivity index (χ2n) is 8.80. The predicted octanol–water partition coefficient (Wildman–Crippen LogP) is 2.01. The van der Waals surface area contributed by atoms with Crippen LogP contribution in [0.3, 0.4) is 0 Å². The Labute approximate surface area is 199 Å². The van der Waals surface area contributed by atoms with E-state index in [-0.39, 0.29) is 25.5 Å². The van der Waals surface area contributed by atoms with E-state index >= 15 is 0 Å². The van der Waals surface area contributed by atoms with Crippen LogP contribution in [0, 0.1) is 0 Å². The number of hydrogen-bond donors (Lipinski definition) is 2. The van der Waals surface area contributed by atoms with E-state index in [1.807, 2.05) is 6.20 Å². The number of nitrogens with zero attached hydrogens (tertiary/aromatic N) is 5. The topological polar surface area (TPSA) is 116 Å². The second kappa shape index (κ2) is 10.6. The molecule has 0 bridgehead atoms. The van der Waals surface area contributed by atoms with Crippen molar-refractivity contribution in [3.05, 3.63) is 40.2 Å². The highest BCUT2D eigenvalue weighted by atomic mass is 19.4. The van der Waals surface area contributed by atoms with Gasteiger partial charge in [0.1, 0.15) is 11.4 Å². The molecule has 190 valence electrons. The smallest absolute Gasteiger partial charge is 0.379 e. The van der Waals surface area contributed by atoms with Gasteiger partial charge in [0, 0.05) is 38.1 Å². The molecule has 1 amide bonds. The summed E-state index contributed by atoms with van der Waals surface area (Å²) >= 11 is 0. The maximum absolute atomic E-state index is 13.1. The van der Waals surface area contributed by atoms with E-state index in [2.05, 4.69) is 25.3 Å². The molecule has 0 spiro atoms. The van der Waals surface area contributed by atoms with Crippen LogP contribution in [-0.2, 0) is 15.7 Å². The third-order valence-electron chi connectivity index (χ3n) is 5.98. The number of aromatic amines is 1. The lowest BCUT2D eigenvalue weighted by atomic mass is 10.2. The minimum absolute atomic E-state index is 0.0430. The Morgan fingerprint density at radius 1 is 1.20 bits per heavy atom. The summed E-state index contributed by atoms with van der Waals surface area (Å²) in [6, 6.07) is -0.536. The van der Waals surface area contributed by atoms with Gasteiger partial charge in [0.25, 0.3) is 5.56 Å². The van der Waals surface area contributed by atoms with E-state index in [0.717, 1.165) is 17.7 Å². The molecular formula is C22H28F3N7O3. The van der Waals surface area contributed by atoms with E-state index in [9.17, 15) is 22.8 Å². The molecule has 1 saturated heterocycles. The fraction of sp³-hybridized carbons (Fsp3) is 0.591. The van der Waals surface area contributed by atoms with Gasteiger partial charge in [-0.3, -0.25) is 14.6 Å². The molecule has 2 aromatic rings. The van der Waals surface area contributed by atoms with E-state index < -0.39 is 29.0 Å². The molecule has 2 aromatic heterocycles. The summed E-state index contributed by atoms with van der Waals surface area (Å²) in [4.78, 5) is 36.9. The zero-order valence-corrected chi connectivity index (χ0v) is 19.3. The lowest BCUT2D eigenvalue weighted by Crippen LogP contribution is -2.49. The van der Waals surface area contributed by atoms with Crippen molar-refractivity contribution in [2.24, 2.45) is 0 Å². The number of ether oxygens (including phenoxy) is 1. The monoisotopic (exact) mass is 495 g/mol. The van der Waals surface area contributed by atoms with Crippen LogP contribution in [0.5, 0.6) is 0 Å². The van der Waals surface area contributed by atoms with E-state index in [1.165, 1.54) is 12.8 Å². The molecule has 1 saturated carbocycles. The summed E-state index contributed by atoms with van der Waals surface area (Å²) in [6.07, 6.45) is 2.26. The number of H-pyrrole nitrogens is 1. The summed E-state index contributed by atoms with van der Waals surface area (Å²) in [6.45, 7) is 4.27. The molecule has 1 aliphatic heterocycles. The third kappa shape index (κ3) is 6.47. The number of halogens is 3. The molecule has 10 nitrogen and oxygen atoms in total. The Balaban J connectivity index is 1.16. The molecule has 2 aliphatic rings. The minimum atomic E-state index is -4.82. The van der Waals surface area contributed by atoms with Gasteiger partial charge >= 0.3 is 6.18 Å². The molecule has 35 heavy (non-hydrogen) atoms. The predicted molar refractivity (Wildman–Crippen MR) is 121 cm³/mol. The fourth-order valence-electron chi connectivity index (χ4n) is 3.94. The third-order valence-corrected chi connectivity index (χ3v) is 5.98. The number of piperazine rings is 1. The first-order valence-corrected chi connectivity index (χ1v) is 11.6. The average Bonchev–Trinajstić information content (AvgIpc) is 3.67. The number of carbonyl (C=O) groups excluding carboxylic acids is 1. The van der Waals surface area contributed by atoms with Gasteiger partial charge in [-0.1, -0.05) is 0 Å². The summed E-state index contributed by atoms with van der Waals surface area (Å²) in [5.74, 6) is 1.33. The molecule has 2 fully saturated rings. The normalized spacial score (nSPS) is 17.4. The SMILES string of the molecule is CC(COCCC(=O)N1CCN(c2cnc(C3CC3)cn2)CC1)Nc1cn[nH]c(=O)c1C(F)(F)F. The Kier molecular flexibility index (Phi) is 7.53. The van der Waals surface area contributed by atoms with Crippen molar-refractivity contribution in [2.45, 2.75) is 44.3 Å². The van der Waals surface area contributed by atoms with Gasteiger partial charge in [-0.25, -0.2) is 10.1 Å². The number of amides is 1. The summed E-state index contributed by atoms with van der Waals surface area (Å²) < 4.78 is 44.9.